The summed E-state index contributed by atoms with van der Waals surface area (Å²) in [6, 6.07) is 3.63. The summed E-state index contributed by atoms with van der Waals surface area (Å²) in [6.45, 7) is 5.74. The van der Waals surface area contributed by atoms with Crippen LogP contribution < -0.4 is 11.1 Å². The van der Waals surface area contributed by atoms with E-state index in [4.69, 9.17) is 22.1 Å². The molecular weight excluding hydrogens is 278 g/mol. The second-order valence-corrected chi connectivity index (χ2v) is 5.33. The quantitative estimate of drug-likeness (QED) is 0.624. The average Bonchev–Trinajstić information content (AvgIpc) is 2.39. The predicted molar refractivity (Wildman–Crippen MR) is 83.5 cm³/mol. The van der Waals surface area contributed by atoms with Crippen LogP contribution in [0.2, 0.25) is 5.02 Å². The summed E-state index contributed by atoms with van der Waals surface area (Å²) in [6.07, 6.45) is 0. The number of ether oxygens (including phenoxy) is 1. The van der Waals surface area contributed by atoms with Gasteiger partial charge in [0.2, 0.25) is 0 Å². The van der Waals surface area contributed by atoms with E-state index in [1.165, 1.54) is 7.11 Å². The minimum atomic E-state index is -0.459. The van der Waals surface area contributed by atoms with Gasteiger partial charge in [0.25, 0.3) is 0 Å². The zero-order chi connectivity index (χ0) is 15.3. The topological polar surface area (TPSA) is 67.6 Å². The van der Waals surface area contributed by atoms with Crippen molar-refractivity contribution in [3.8, 4) is 0 Å². The Morgan fingerprint density at radius 2 is 2.15 bits per heavy atom. The summed E-state index contributed by atoms with van der Waals surface area (Å²) >= 11 is 6.15. The maximum atomic E-state index is 11.8. The van der Waals surface area contributed by atoms with E-state index in [0.29, 0.717) is 34.5 Å². The molecule has 0 amide bonds. The van der Waals surface area contributed by atoms with Crippen LogP contribution in [0.25, 0.3) is 0 Å². The van der Waals surface area contributed by atoms with E-state index < -0.39 is 5.97 Å². The van der Waals surface area contributed by atoms with Crippen LogP contribution in [0.5, 0.6) is 0 Å². The molecule has 0 radical (unpaired) electrons. The normalized spacial score (nSPS) is 10.9. The number of rotatable bonds is 6. The molecule has 0 fully saturated rings. The lowest BCUT2D eigenvalue weighted by Crippen LogP contribution is -2.31. The highest BCUT2D eigenvalue weighted by Crippen LogP contribution is 2.29. The number of nitrogens with one attached hydrogen (secondary N) is 1. The molecule has 0 heterocycles. The lowest BCUT2D eigenvalue weighted by molar-refractivity contribution is 0.0602. The molecule has 1 aromatic rings. The molecule has 0 bridgehead atoms. The van der Waals surface area contributed by atoms with Crippen molar-refractivity contribution in [2.45, 2.75) is 19.9 Å². The first-order chi connectivity index (χ1) is 9.36. The van der Waals surface area contributed by atoms with Gasteiger partial charge in [-0.05, 0) is 33.0 Å². The first-order valence-corrected chi connectivity index (χ1v) is 6.86. The van der Waals surface area contributed by atoms with Crippen molar-refractivity contribution in [2.75, 3.05) is 38.3 Å². The molecule has 1 aromatic carbocycles. The van der Waals surface area contributed by atoms with E-state index in [9.17, 15) is 4.79 Å². The Morgan fingerprint density at radius 1 is 1.50 bits per heavy atom. The van der Waals surface area contributed by atoms with E-state index in [1.54, 1.807) is 12.1 Å². The van der Waals surface area contributed by atoms with Crippen LogP contribution in [0, 0.1) is 0 Å². The molecule has 5 nitrogen and oxygen atoms in total. The number of anilines is 2. The molecule has 0 saturated carbocycles. The number of halogens is 1. The SMILES string of the molecule is COC(=O)c1cc(N)cc(Cl)c1NCCN(C)C(C)C. The smallest absolute Gasteiger partial charge is 0.340 e. The predicted octanol–water partition coefficient (Wildman–Crippen LogP) is 2.46. The number of hydrogen-bond acceptors (Lipinski definition) is 5. The number of carbonyl (C=O) groups is 1. The molecule has 3 N–H and O–H groups in total. The summed E-state index contributed by atoms with van der Waals surface area (Å²) in [5, 5.41) is 3.59. The fraction of sp³-hybridized carbons (Fsp3) is 0.500. The number of likely N-dealkylation sites (N-methyl/N-ethyl adjacent to an activating group) is 1. The van der Waals surface area contributed by atoms with Gasteiger partial charge >= 0.3 is 5.97 Å². The van der Waals surface area contributed by atoms with Gasteiger partial charge in [0.05, 0.1) is 23.4 Å². The molecule has 0 spiro atoms. The van der Waals surface area contributed by atoms with Crippen LogP contribution in [0.15, 0.2) is 12.1 Å². The largest absolute Gasteiger partial charge is 0.465 e. The number of methoxy groups -OCH3 is 1. The van der Waals surface area contributed by atoms with Crippen molar-refractivity contribution in [3.63, 3.8) is 0 Å². The number of carbonyl (C=O) groups excluding carboxylic acids is 1. The van der Waals surface area contributed by atoms with Crippen molar-refractivity contribution in [1.29, 1.82) is 0 Å². The van der Waals surface area contributed by atoms with E-state index >= 15 is 0 Å². The summed E-state index contributed by atoms with van der Waals surface area (Å²) in [5.41, 5.74) is 7.05. The summed E-state index contributed by atoms with van der Waals surface area (Å²) in [4.78, 5) is 13.9. The van der Waals surface area contributed by atoms with Gasteiger partial charge in [-0.1, -0.05) is 11.6 Å². The highest BCUT2D eigenvalue weighted by atomic mass is 35.5. The molecule has 1 rings (SSSR count). The van der Waals surface area contributed by atoms with E-state index in [1.807, 2.05) is 7.05 Å². The van der Waals surface area contributed by atoms with Gasteiger partial charge in [-0.3, -0.25) is 0 Å². The first-order valence-electron chi connectivity index (χ1n) is 6.48. The summed E-state index contributed by atoms with van der Waals surface area (Å²) in [5.74, 6) is -0.459. The zero-order valence-electron chi connectivity index (χ0n) is 12.4. The Morgan fingerprint density at radius 3 is 2.70 bits per heavy atom. The highest BCUT2D eigenvalue weighted by Gasteiger charge is 2.16. The molecule has 0 atom stereocenters. The molecule has 0 aliphatic heterocycles. The van der Waals surface area contributed by atoms with Crippen LogP contribution >= 0.6 is 11.6 Å². The van der Waals surface area contributed by atoms with E-state index in [2.05, 4.69) is 24.1 Å². The monoisotopic (exact) mass is 299 g/mol. The number of hydrogen-bond donors (Lipinski definition) is 2. The third-order valence-corrected chi connectivity index (χ3v) is 3.46. The molecule has 0 aliphatic rings. The number of nitrogens with two attached hydrogens (primary N) is 1. The van der Waals surface area contributed by atoms with Gasteiger partial charge in [-0.15, -0.1) is 0 Å². The fourth-order valence-corrected chi connectivity index (χ4v) is 1.99. The van der Waals surface area contributed by atoms with Crippen LogP contribution in [0.1, 0.15) is 24.2 Å². The lowest BCUT2D eigenvalue weighted by atomic mass is 10.1. The second kappa shape index (κ2) is 7.36. The highest BCUT2D eigenvalue weighted by molar-refractivity contribution is 6.34. The number of nitrogen functional groups attached to an aromatic ring is 1. The Bertz CT molecular complexity index is 478. The summed E-state index contributed by atoms with van der Waals surface area (Å²) in [7, 11) is 3.37. The van der Waals surface area contributed by atoms with Crippen LogP contribution in [0.3, 0.4) is 0 Å². The molecule has 0 saturated heterocycles. The molecular formula is C14H22ClN3O2. The van der Waals surface area contributed by atoms with Gasteiger partial charge in [0, 0.05) is 24.8 Å². The van der Waals surface area contributed by atoms with Gasteiger partial charge in [-0.2, -0.15) is 0 Å². The van der Waals surface area contributed by atoms with Gasteiger partial charge in [-0.25, -0.2) is 4.79 Å². The minimum Gasteiger partial charge on any atom is -0.465 e. The standard InChI is InChI=1S/C14H22ClN3O2/c1-9(2)18(3)6-5-17-13-11(14(19)20-4)7-10(16)8-12(13)15/h7-9,17H,5-6,16H2,1-4H3. The maximum absolute atomic E-state index is 11.8. The Balaban J connectivity index is 2.85. The fourth-order valence-electron chi connectivity index (χ4n) is 1.69. The first kappa shape index (κ1) is 16.6. The van der Waals surface area contributed by atoms with Crippen LogP contribution in [0.4, 0.5) is 11.4 Å². The Kier molecular flexibility index (Phi) is 6.10. The molecule has 20 heavy (non-hydrogen) atoms. The van der Waals surface area contributed by atoms with Gasteiger partial charge in [0.15, 0.2) is 0 Å². The lowest BCUT2D eigenvalue weighted by Gasteiger charge is -2.22. The third kappa shape index (κ3) is 4.28. The zero-order valence-corrected chi connectivity index (χ0v) is 13.1. The second-order valence-electron chi connectivity index (χ2n) is 4.92. The maximum Gasteiger partial charge on any atom is 0.340 e. The number of benzene rings is 1. The molecule has 0 aliphatic carbocycles. The van der Waals surface area contributed by atoms with Crippen LogP contribution in [-0.4, -0.2) is 44.2 Å². The van der Waals surface area contributed by atoms with Crippen molar-refractivity contribution < 1.29 is 9.53 Å². The van der Waals surface area contributed by atoms with Gasteiger partial charge in [0.1, 0.15) is 0 Å². The molecule has 0 aromatic heterocycles. The molecule has 112 valence electrons. The van der Waals surface area contributed by atoms with E-state index in [-0.39, 0.29) is 0 Å². The van der Waals surface area contributed by atoms with Crippen molar-refractivity contribution >= 4 is 28.9 Å². The molecule has 6 heteroatoms. The van der Waals surface area contributed by atoms with Crippen molar-refractivity contribution in [1.82, 2.24) is 4.90 Å². The van der Waals surface area contributed by atoms with Crippen LogP contribution in [-0.2, 0) is 4.74 Å². The number of nitrogens with zero attached hydrogens (tertiary/aromatic N) is 1. The Hall–Kier alpha value is -1.46. The molecule has 0 unspecified atom stereocenters. The van der Waals surface area contributed by atoms with Gasteiger partial charge < -0.3 is 20.7 Å². The number of esters is 1. The van der Waals surface area contributed by atoms with Crippen molar-refractivity contribution in [3.05, 3.63) is 22.7 Å². The van der Waals surface area contributed by atoms with Crippen molar-refractivity contribution in [2.24, 2.45) is 0 Å². The minimum absolute atomic E-state index is 0.352. The van der Waals surface area contributed by atoms with E-state index in [0.717, 1.165) is 6.54 Å². The Labute approximate surface area is 125 Å². The average molecular weight is 300 g/mol. The summed E-state index contributed by atoms with van der Waals surface area (Å²) < 4.78 is 4.75. The third-order valence-electron chi connectivity index (χ3n) is 3.17.